The van der Waals surface area contributed by atoms with Crippen LogP contribution in [-0.2, 0) is 19.9 Å². The van der Waals surface area contributed by atoms with Crippen molar-refractivity contribution >= 4 is 25.5 Å². The molecule has 0 aromatic heterocycles. The highest BCUT2D eigenvalue weighted by molar-refractivity contribution is 7.92. The lowest BCUT2D eigenvalue weighted by Gasteiger charge is -2.26. The maximum atomic E-state index is 12.4. The number of sulfone groups is 1. The van der Waals surface area contributed by atoms with Gasteiger partial charge in [-0.1, -0.05) is 0 Å². The van der Waals surface area contributed by atoms with Gasteiger partial charge in [0, 0.05) is 18.8 Å². The van der Waals surface area contributed by atoms with E-state index in [1.165, 1.54) is 18.2 Å². The first-order chi connectivity index (χ1) is 9.26. The molecule has 108 valence electrons. The van der Waals surface area contributed by atoms with Crippen molar-refractivity contribution in [3.05, 3.63) is 23.8 Å². The van der Waals surface area contributed by atoms with Gasteiger partial charge in [-0.2, -0.15) is 9.57 Å². The van der Waals surface area contributed by atoms with Gasteiger partial charge >= 0.3 is 0 Å². The van der Waals surface area contributed by atoms with Gasteiger partial charge in [0.15, 0.2) is 9.84 Å². The zero-order chi connectivity index (χ0) is 15.0. The van der Waals surface area contributed by atoms with Crippen LogP contribution in [0.4, 0.5) is 5.69 Å². The molecule has 1 fully saturated rings. The third kappa shape index (κ3) is 2.77. The SMILES string of the molecule is N#Cc1cc(N)ccc1S(=O)(=O)N1CCS(=O)(=O)CC1. The quantitative estimate of drug-likeness (QED) is 0.738. The van der Waals surface area contributed by atoms with Gasteiger partial charge in [0.25, 0.3) is 0 Å². The van der Waals surface area contributed by atoms with Crippen molar-refractivity contribution in [2.24, 2.45) is 0 Å². The lowest BCUT2D eigenvalue weighted by atomic mass is 10.2. The third-order valence-electron chi connectivity index (χ3n) is 3.05. The maximum Gasteiger partial charge on any atom is 0.244 e. The van der Waals surface area contributed by atoms with Crippen LogP contribution < -0.4 is 5.73 Å². The number of hydrogen-bond donors (Lipinski definition) is 1. The van der Waals surface area contributed by atoms with Crippen molar-refractivity contribution in [1.29, 1.82) is 5.26 Å². The molecule has 0 saturated carbocycles. The summed E-state index contributed by atoms with van der Waals surface area (Å²) in [6.45, 7) is -0.195. The molecule has 7 nitrogen and oxygen atoms in total. The molecule has 0 spiro atoms. The molecular formula is C11H13N3O4S2. The van der Waals surface area contributed by atoms with Crippen molar-refractivity contribution < 1.29 is 16.8 Å². The molecule has 2 N–H and O–H groups in total. The smallest absolute Gasteiger partial charge is 0.244 e. The lowest BCUT2D eigenvalue weighted by molar-refractivity contribution is 0.430. The van der Waals surface area contributed by atoms with E-state index in [1.807, 2.05) is 0 Å². The van der Waals surface area contributed by atoms with E-state index in [1.54, 1.807) is 6.07 Å². The average Bonchev–Trinajstić information content (AvgIpc) is 2.37. The monoisotopic (exact) mass is 315 g/mol. The van der Waals surface area contributed by atoms with E-state index >= 15 is 0 Å². The minimum atomic E-state index is -3.88. The van der Waals surface area contributed by atoms with Crippen LogP contribution in [0.25, 0.3) is 0 Å². The molecule has 0 amide bonds. The van der Waals surface area contributed by atoms with Crippen molar-refractivity contribution in [2.75, 3.05) is 30.3 Å². The molecule has 0 aliphatic carbocycles. The number of benzene rings is 1. The van der Waals surface area contributed by atoms with Gasteiger partial charge in [-0.3, -0.25) is 0 Å². The van der Waals surface area contributed by atoms with E-state index in [2.05, 4.69) is 0 Å². The minimum Gasteiger partial charge on any atom is -0.399 e. The number of nitriles is 1. The summed E-state index contributed by atoms with van der Waals surface area (Å²) in [6.07, 6.45) is 0. The predicted octanol–water partition coefficient (Wildman–Crippen LogP) is -0.440. The standard InChI is InChI=1S/C11H13N3O4S2/c12-8-9-7-10(13)1-2-11(9)20(17,18)14-3-5-19(15,16)6-4-14/h1-2,7H,3-6,13H2. The molecule has 0 unspecified atom stereocenters. The van der Waals surface area contributed by atoms with Crippen LogP contribution in [-0.4, -0.2) is 45.7 Å². The second-order valence-corrected chi connectivity index (χ2v) is 8.63. The fourth-order valence-corrected chi connectivity index (χ4v) is 4.93. The van der Waals surface area contributed by atoms with Crippen molar-refractivity contribution in [2.45, 2.75) is 4.90 Å². The molecule has 1 saturated heterocycles. The first-order valence-corrected chi connectivity index (χ1v) is 9.02. The molecule has 0 atom stereocenters. The Morgan fingerprint density at radius 1 is 1.25 bits per heavy atom. The van der Waals surface area contributed by atoms with E-state index in [-0.39, 0.29) is 35.1 Å². The van der Waals surface area contributed by atoms with Crippen LogP contribution >= 0.6 is 0 Å². The van der Waals surface area contributed by atoms with Gasteiger partial charge in [0.05, 0.1) is 17.1 Å². The Morgan fingerprint density at radius 2 is 1.85 bits per heavy atom. The number of hydrogen-bond acceptors (Lipinski definition) is 6. The van der Waals surface area contributed by atoms with Crippen LogP contribution in [0.3, 0.4) is 0 Å². The van der Waals surface area contributed by atoms with Gasteiger partial charge in [-0.05, 0) is 18.2 Å². The maximum absolute atomic E-state index is 12.4. The van der Waals surface area contributed by atoms with Gasteiger partial charge in [0.1, 0.15) is 11.0 Å². The van der Waals surface area contributed by atoms with Crippen molar-refractivity contribution in [3.63, 3.8) is 0 Å². The van der Waals surface area contributed by atoms with Crippen LogP contribution in [0.15, 0.2) is 23.1 Å². The molecule has 0 radical (unpaired) electrons. The summed E-state index contributed by atoms with van der Waals surface area (Å²) in [4.78, 5) is -0.145. The van der Waals surface area contributed by atoms with Crippen LogP contribution in [0.5, 0.6) is 0 Å². The zero-order valence-corrected chi connectivity index (χ0v) is 12.1. The highest BCUT2D eigenvalue weighted by Crippen LogP contribution is 2.23. The Bertz CT molecular complexity index is 764. The number of anilines is 1. The Morgan fingerprint density at radius 3 is 2.40 bits per heavy atom. The summed E-state index contributed by atoms with van der Waals surface area (Å²) in [5, 5.41) is 9.00. The molecule has 1 aliphatic heterocycles. The van der Waals surface area contributed by atoms with Gasteiger partial charge < -0.3 is 5.73 Å². The molecule has 1 heterocycles. The van der Waals surface area contributed by atoms with Gasteiger partial charge in [-0.25, -0.2) is 16.8 Å². The average molecular weight is 315 g/mol. The van der Waals surface area contributed by atoms with E-state index in [4.69, 9.17) is 11.0 Å². The molecule has 9 heteroatoms. The molecule has 1 aromatic rings. The predicted molar refractivity (Wildman–Crippen MR) is 73.0 cm³/mol. The van der Waals surface area contributed by atoms with E-state index in [0.717, 1.165) is 4.31 Å². The van der Waals surface area contributed by atoms with Crippen LogP contribution in [0.2, 0.25) is 0 Å². The second-order valence-electron chi connectivity index (χ2n) is 4.42. The fourth-order valence-electron chi connectivity index (χ4n) is 1.94. The van der Waals surface area contributed by atoms with Crippen LogP contribution in [0.1, 0.15) is 5.56 Å². The topological polar surface area (TPSA) is 121 Å². The molecule has 20 heavy (non-hydrogen) atoms. The summed E-state index contributed by atoms with van der Waals surface area (Å²) in [6, 6.07) is 5.75. The van der Waals surface area contributed by atoms with Crippen molar-refractivity contribution in [3.8, 4) is 6.07 Å². The Hall–Kier alpha value is -1.63. The van der Waals surface area contributed by atoms with Crippen molar-refractivity contribution in [1.82, 2.24) is 4.31 Å². The highest BCUT2D eigenvalue weighted by atomic mass is 32.2. The molecule has 1 aromatic carbocycles. The summed E-state index contributed by atoms with van der Waals surface area (Å²) in [7, 11) is -7.05. The molecular weight excluding hydrogens is 302 g/mol. The Kier molecular flexibility index (Phi) is 3.73. The molecule has 2 rings (SSSR count). The molecule has 0 bridgehead atoms. The van der Waals surface area contributed by atoms with Gasteiger partial charge in [-0.15, -0.1) is 0 Å². The number of sulfonamides is 1. The number of nitrogens with zero attached hydrogens (tertiary/aromatic N) is 2. The first-order valence-electron chi connectivity index (χ1n) is 5.76. The highest BCUT2D eigenvalue weighted by Gasteiger charge is 2.32. The summed E-state index contributed by atoms with van der Waals surface area (Å²) >= 11 is 0. The first kappa shape index (κ1) is 14.8. The second kappa shape index (κ2) is 5.05. The van der Waals surface area contributed by atoms with E-state index in [0.29, 0.717) is 5.69 Å². The van der Waals surface area contributed by atoms with Crippen LogP contribution in [0, 0.1) is 11.3 Å². The lowest BCUT2D eigenvalue weighted by Crippen LogP contribution is -2.43. The number of nitrogens with two attached hydrogens (primary N) is 1. The van der Waals surface area contributed by atoms with E-state index in [9.17, 15) is 16.8 Å². The van der Waals surface area contributed by atoms with Gasteiger partial charge in [0.2, 0.25) is 10.0 Å². The Labute approximate surface area is 117 Å². The number of rotatable bonds is 2. The zero-order valence-electron chi connectivity index (χ0n) is 10.5. The minimum absolute atomic E-state index is 0.0431. The fraction of sp³-hybridized carbons (Fsp3) is 0.364. The largest absolute Gasteiger partial charge is 0.399 e. The van der Waals surface area contributed by atoms with E-state index < -0.39 is 19.9 Å². The Balaban J connectivity index is 2.40. The molecule has 1 aliphatic rings. The normalized spacial score (nSPS) is 19.4. The summed E-state index contributed by atoms with van der Waals surface area (Å²) < 4.78 is 48.6. The third-order valence-corrected chi connectivity index (χ3v) is 6.61. The summed E-state index contributed by atoms with van der Waals surface area (Å²) in [5.41, 5.74) is 5.77. The number of nitrogen functional groups attached to an aromatic ring is 1. The summed E-state index contributed by atoms with van der Waals surface area (Å²) in [5.74, 6) is -0.411.